The van der Waals surface area contributed by atoms with Crippen LogP contribution < -0.4 is 16.0 Å². The summed E-state index contributed by atoms with van der Waals surface area (Å²) < 4.78 is 69.4. The van der Waals surface area contributed by atoms with E-state index >= 15 is 0 Å². The van der Waals surface area contributed by atoms with Gasteiger partial charge in [-0.2, -0.15) is 13.4 Å². The number of benzene rings is 1. The molecule has 350 valence electrons. The Morgan fingerprint density at radius 3 is 2.40 bits per heavy atom. The quantitative estimate of drug-likeness (QED) is 0.0709. The van der Waals surface area contributed by atoms with E-state index in [4.69, 9.17) is 19.4 Å². The number of anilines is 1. The number of nitrogens with zero attached hydrogens (tertiary/aromatic N) is 8. The molecule has 65 heavy (non-hydrogen) atoms. The molecule has 2 aliphatic heterocycles. The lowest BCUT2D eigenvalue weighted by atomic mass is 10.1. The standard InChI is InChI=1S/C17H22N2O7S.C13H19N5O6S.C8H7N5/c1-10-16(21)17(22)14(26-10)9-25-27(23,24)19-15(20)7-6-11-8-18-13-5-3-2-4-12(11)13;1-2-25(22,23)4-3-6-8(19)9(20)12(24-6)18-5-15-7-10(18)16-13(14)17-11(7)21;1-12-4-10-6-7(12)11-5-13-3-2-9-8(6)13/h2-5,8,10,14,16-18,21-22H,6-7,9H2,1H3,(H,19,20);5-6,8-9,12,19-20H,2-4H2,1H3,(H3,14,16,17,21);2-5H,1H3/t10-,14+,16+,17?;6-,8?,9+,12-;/m01./s1. The maximum Gasteiger partial charge on any atom is 0.362 e. The highest BCUT2D eigenvalue weighted by molar-refractivity contribution is 7.91. The van der Waals surface area contributed by atoms with Gasteiger partial charge in [-0.3, -0.25) is 27.7 Å². The molecule has 0 bridgehead atoms. The van der Waals surface area contributed by atoms with Gasteiger partial charge in [-0.1, -0.05) is 25.1 Å². The zero-order chi connectivity index (χ0) is 46.8. The third kappa shape index (κ3) is 10.5. The Morgan fingerprint density at radius 1 is 0.923 bits per heavy atom. The van der Waals surface area contributed by atoms with Gasteiger partial charge in [-0.15, -0.1) is 0 Å². The monoisotopic (exact) mass is 944 g/mol. The van der Waals surface area contributed by atoms with Crippen molar-refractivity contribution in [3.05, 3.63) is 77.8 Å². The molecule has 0 aliphatic carbocycles. The van der Waals surface area contributed by atoms with Crippen molar-refractivity contribution in [2.75, 3.05) is 23.8 Å². The topological polar surface area (TPSA) is 359 Å². The number of carbonyl (C=O) groups is 1. The van der Waals surface area contributed by atoms with Crippen molar-refractivity contribution in [3.63, 3.8) is 0 Å². The molecule has 2 fully saturated rings. The minimum Gasteiger partial charge on any atom is -0.388 e. The largest absolute Gasteiger partial charge is 0.388 e. The number of sulfone groups is 1. The molecule has 2 unspecified atom stereocenters. The van der Waals surface area contributed by atoms with E-state index in [1.165, 1.54) is 17.8 Å². The van der Waals surface area contributed by atoms with Gasteiger partial charge in [0, 0.05) is 48.7 Å². The number of hydrogen-bond donors (Lipinski definition) is 8. The maximum atomic E-state index is 12.0. The number of nitrogens with one attached hydrogen (secondary N) is 3. The predicted octanol–water partition coefficient (Wildman–Crippen LogP) is -1.25. The van der Waals surface area contributed by atoms with Crippen LogP contribution in [0.5, 0.6) is 0 Å². The summed E-state index contributed by atoms with van der Waals surface area (Å²) in [6.45, 7) is 2.58. The van der Waals surface area contributed by atoms with Crippen molar-refractivity contribution in [1.29, 1.82) is 0 Å². The van der Waals surface area contributed by atoms with Crippen LogP contribution in [-0.4, -0.2) is 152 Å². The number of aliphatic hydroxyl groups excluding tert-OH is 4. The zero-order valence-electron chi connectivity index (χ0n) is 35.1. The first-order chi connectivity index (χ1) is 30.9. The van der Waals surface area contributed by atoms with Crippen molar-refractivity contribution >= 4 is 70.9 Å². The predicted molar refractivity (Wildman–Crippen MR) is 231 cm³/mol. The van der Waals surface area contributed by atoms with Crippen LogP contribution in [0.1, 0.15) is 38.5 Å². The highest BCUT2D eigenvalue weighted by atomic mass is 32.2. The van der Waals surface area contributed by atoms with Crippen LogP contribution in [0, 0.1) is 0 Å². The summed E-state index contributed by atoms with van der Waals surface area (Å²) in [6, 6.07) is 7.61. The van der Waals surface area contributed by atoms with Gasteiger partial charge in [-0.05, 0) is 31.4 Å². The first kappa shape index (κ1) is 47.1. The fourth-order valence-electron chi connectivity index (χ4n) is 7.24. The third-order valence-electron chi connectivity index (χ3n) is 10.8. The SMILES string of the molecule is CCS(=O)(=O)CC[C@H]1O[C@@H](n2cnc3c(=O)[nH]c(N)nc32)[C@@H](O)C1O.C[C@@H]1O[C@H](COS(=O)(=O)NC(=O)CCc2c[nH]c3ccccc23)C(O)[C@@H]1O.Cn1cnc2c1ncn1ccnc21. The number of fused-ring (bicyclic) bond motifs is 5. The molecule has 8 heterocycles. The molecule has 9 N–H and O–H groups in total. The number of H-pyrrole nitrogens is 2. The lowest BCUT2D eigenvalue weighted by Gasteiger charge is -2.16. The second kappa shape index (κ2) is 19.3. The fraction of sp³-hybridized carbons (Fsp3) is 0.447. The summed E-state index contributed by atoms with van der Waals surface area (Å²) in [4.78, 5) is 49.8. The number of imidazole rings is 3. The number of nitrogens with two attached hydrogens (primary N) is 1. The van der Waals surface area contributed by atoms with Crippen molar-refractivity contribution in [2.24, 2.45) is 7.05 Å². The summed E-state index contributed by atoms with van der Waals surface area (Å²) in [6.07, 6.45) is 1.90. The Morgan fingerprint density at radius 2 is 1.66 bits per heavy atom. The lowest BCUT2D eigenvalue weighted by Crippen LogP contribution is -2.37. The molecule has 25 nitrogen and oxygen atoms in total. The summed E-state index contributed by atoms with van der Waals surface area (Å²) in [5, 5.41) is 40.7. The van der Waals surface area contributed by atoms with Crippen molar-refractivity contribution in [3.8, 4) is 0 Å². The number of carbonyl (C=O) groups excluding carboxylic acids is 1. The molecule has 2 saturated heterocycles. The van der Waals surface area contributed by atoms with Crippen LogP contribution in [0.3, 0.4) is 0 Å². The van der Waals surface area contributed by atoms with E-state index in [0.717, 1.165) is 33.3 Å². The fourth-order valence-corrected chi connectivity index (χ4v) is 8.88. The molecule has 1 amide bonds. The Kier molecular flexibility index (Phi) is 14.0. The number of aromatic amines is 2. The molecule has 2 aliphatic rings. The van der Waals surface area contributed by atoms with Crippen molar-refractivity contribution in [2.45, 2.75) is 82.1 Å². The Balaban J connectivity index is 0.000000153. The number of hydrogen-bond acceptors (Lipinski definition) is 19. The van der Waals surface area contributed by atoms with Crippen LogP contribution in [0.4, 0.5) is 5.95 Å². The van der Waals surface area contributed by atoms with E-state index in [2.05, 4.69) is 34.9 Å². The number of aryl methyl sites for hydroxylation is 2. The smallest absolute Gasteiger partial charge is 0.362 e. The van der Waals surface area contributed by atoms with Gasteiger partial charge in [0.25, 0.3) is 5.56 Å². The number of ether oxygens (including phenoxy) is 2. The average Bonchev–Trinajstić information content (AvgIpc) is 4.14. The van der Waals surface area contributed by atoms with Crippen LogP contribution in [0.15, 0.2) is 66.6 Å². The molecule has 8 atom stereocenters. The van der Waals surface area contributed by atoms with E-state index in [0.29, 0.717) is 6.42 Å². The first-order valence-corrected chi connectivity index (χ1v) is 23.4. The molecule has 7 aromatic rings. The van der Waals surface area contributed by atoms with E-state index in [-0.39, 0.29) is 41.5 Å². The number of amides is 1. The number of aliphatic hydroxyl groups is 4. The summed E-state index contributed by atoms with van der Waals surface area (Å²) in [5.41, 5.74) is 9.49. The highest BCUT2D eigenvalue weighted by Crippen LogP contribution is 2.33. The second-order valence-corrected chi connectivity index (χ2v) is 19.1. The number of aromatic nitrogens is 10. The van der Waals surface area contributed by atoms with Gasteiger partial charge in [0.05, 0.1) is 37.2 Å². The van der Waals surface area contributed by atoms with Gasteiger partial charge in [0.1, 0.15) is 46.7 Å². The van der Waals surface area contributed by atoms with Gasteiger partial charge in [0.15, 0.2) is 34.2 Å². The van der Waals surface area contributed by atoms with Gasteiger partial charge in [0.2, 0.25) is 11.9 Å². The Bertz CT molecular complexity index is 3080. The summed E-state index contributed by atoms with van der Waals surface area (Å²) in [5.74, 6) is -1.01. The van der Waals surface area contributed by atoms with Gasteiger partial charge < -0.3 is 45.2 Å². The van der Waals surface area contributed by atoms with Crippen molar-refractivity contribution in [1.82, 2.24) is 53.1 Å². The number of nitrogen functional groups attached to an aromatic ring is 1. The Labute approximate surface area is 369 Å². The van der Waals surface area contributed by atoms with Gasteiger partial charge in [-0.25, -0.2) is 33.1 Å². The first-order valence-electron chi connectivity index (χ1n) is 20.2. The molecule has 6 aromatic heterocycles. The lowest BCUT2D eigenvalue weighted by molar-refractivity contribution is -0.119. The summed E-state index contributed by atoms with van der Waals surface area (Å²) >= 11 is 0. The molecule has 0 saturated carbocycles. The van der Waals surface area contributed by atoms with Crippen LogP contribution in [0.25, 0.3) is 38.9 Å². The zero-order valence-corrected chi connectivity index (χ0v) is 36.7. The molecular weight excluding hydrogens is 897 g/mol. The minimum absolute atomic E-state index is 0.0106. The van der Waals surface area contributed by atoms with E-state index in [9.17, 15) is 46.9 Å². The second-order valence-electron chi connectivity index (χ2n) is 15.3. The van der Waals surface area contributed by atoms with Gasteiger partial charge >= 0.3 is 10.3 Å². The summed E-state index contributed by atoms with van der Waals surface area (Å²) in [7, 11) is -5.65. The molecule has 0 radical (unpaired) electrons. The normalized spacial score (nSPS) is 23.4. The Hall–Kier alpha value is -5.91. The molecule has 1 aromatic carbocycles. The highest BCUT2D eigenvalue weighted by Gasteiger charge is 2.44. The van der Waals surface area contributed by atoms with Crippen LogP contribution in [0.2, 0.25) is 0 Å². The van der Waals surface area contributed by atoms with Crippen molar-refractivity contribution < 1.29 is 55.7 Å². The minimum atomic E-state index is -4.34. The average molecular weight is 945 g/mol. The van der Waals surface area contributed by atoms with E-state index in [1.807, 2.05) is 51.2 Å². The molecule has 9 rings (SSSR count). The third-order valence-corrected chi connectivity index (χ3v) is 13.5. The molecular formula is C38H48N12O13S2. The molecule has 27 heteroatoms. The van der Waals surface area contributed by atoms with E-state index < -0.39 is 87.2 Å². The molecule has 0 spiro atoms. The van der Waals surface area contributed by atoms with E-state index in [1.54, 1.807) is 32.0 Å². The van der Waals surface area contributed by atoms with Crippen LogP contribution >= 0.6 is 0 Å². The number of para-hydroxylation sites is 1. The number of rotatable bonds is 12. The van der Waals surface area contributed by atoms with Crippen LogP contribution in [-0.2, 0) is 52.1 Å². The maximum absolute atomic E-state index is 12.0.